The van der Waals surface area contributed by atoms with Gasteiger partial charge in [0, 0.05) is 0 Å². The van der Waals surface area contributed by atoms with Crippen LogP contribution in [0.15, 0.2) is 99.6 Å². The van der Waals surface area contributed by atoms with Crippen molar-refractivity contribution >= 4 is 40.8 Å². The summed E-state index contributed by atoms with van der Waals surface area (Å²) >= 11 is -11.2. The van der Waals surface area contributed by atoms with E-state index in [4.69, 9.17) is 4.55 Å². The predicted octanol–water partition coefficient (Wildman–Crippen LogP) is 6.10. The van der Waals surface area contributed by atoms with E-state index >= 15 is 0 Å². The predicted molar refractivity (Wildman–Crippen MR) is 106 cm³/mol. The minimum atomic E-state index is -11.2. The van der Waals surface area contributed by atoms with Crippen molar-refractivity contribution in [1.29, 1.82) is 0 Å². The van der Waals surface area contributed by atoms with Crippen molar-refractivity contribution in [3.8, 4) is 5.75 Å². The zero-order chi connectivity index (χ0) is 23.4. The second-order valence-corrected chi connectivity index (χ2v) is 14.4. The fourth-order valence-electron chi connectivity index (χ4n) is 2.27. The van der Waals surface area contributed by atoms with Crippen molar-refractivity contribution < 1.29 is 34.0 Å². The van der Waals surface area contributed by atoms with E-state index in [9.17, 15) is 25.3 Å². The summed E-state index contributed by atoms with van der Waals surface area (Å²) in [6.07, 6.45) is 0. The topological polar surface area (TPSA) is 63.6 Å². The van der Waals surface area contributed by atoms with Gasteiger partial charge < -0.3 is 4.18 Å². The van der Waals surface area contributed by atoms with E-state index in [1.807, 2.05) is 48.5 Å². The molecule has 0 fully saturated rings. The van der Waals surface area contributed by atoms with Gasteiger partial charge in [0.1, 0.15) is 5.75 Å². The van der Waals surface area contributed by atoms with Crippen LogP contribution in [0.5, 0.6) is 5.75 Å². The molecule has 0 bridgehead atoms. The molecular weight excluding hydrogens is 580 g/mol. The van der Waals surface area contributed by atoms with Crippen LogP contribution in [-0.2, 0) is 21.3 Å². The zero-order valence-electron chi connectivity index (χ0n) is 15.3. The minimum absolute atomic E-state index is 0.0749. The summed E-state index contributed by atoms with van der Waals surface area (Å²) in [5.74, 6) is 0.0749. The molecule has 3 rings (SSSR count). The molecule has 0 spiro atoms. The van der Waals surface area contributed by atoms with Crippen LogP contribution in [0, 0.1) is 0 Å². The third kappa shape index (κ3) is 11.3. The van der Waals surface area contributed by atoms with Crippen LogP contribution >= 0.6 is 0 Å². The van der Waals surface area contributed by atoms with Crippen LogP contribution < -0.4 is 4.18 Å². The normalized spacial score (nSPS) is 14.1. The van der Waals surface area contributed by atoms with E-state index in [1.54, 1.807) is 0 Å². The van der Waals surface area contributed by atoms with Gasteiger partial charge in [-0.1, -0.05) is 36.4 Å². The molecule has 0 aliphatic heterocycles. The summed E-state index contributed by atoms with van der Waals surface area (Å²) in [7, 11) is -4.83. The molecular formula is C18H15F6O4S2Sb. The van der Waals surface area contributed by atoms with E-state index in [-0.39, 0.29) is 16.6 Å². The molecule has 0 aliphatic carbocycles. The summed E-state index contributed by atoms with van der Waals surface area (Å²) in [5.41, 5.74) is 0. The summed E-state index contributed by atoms with van der Waals surface area (Å²) in [5, 5.41) is 0. The molecule has 170 valence electrons. The molecule has 0 heterocycles. The third-order valence-corrected chi connectivity index (χ3v) is 5.85. The SMILES string of the molecule is O=S(=O)(O)Oc1ccc([S+](c2ccccc2)c2ccccc2)cc1.[F][Sb-]([F])([F])([F])([F])[F]. The summed E-state index contributed by atoms with van der Waals surface area (Å²) in [6, 6.07) is 26.9. The Kier molecular flexibility index (Phi) is 7.02. The Morgan fingerprint density at radius 3 is 1.29 bits per heavy atom. The van der Waals surface area contributed by atoms with Crippen molar-refractivity contribution in [1.82, 2.24) is 0 Å². The van der Waals surface area contributed by atoms with Crippen LogP contribution in [0.1, 0.15) is 0 Å². The maximum absolute atomic E-state index is 11.2. The number of halogens is 6. The average molecular weight is 595 g/mol. The second kappa shape index (κ2) is 8.57. The Morgan fingerprint density at radius 1 is 0.645 bits per heavy atom. The van der Waals surface area contributed by atoms with E-state index in [0.717, 1.165) is 14.7 Å². The van der Waals surface area contributed by atoms with Crippen LogP contribution in [0.3, 0.4) is 0 Å². The van der Waals surface area contributed by atoms with Gasteiger partial charge in [-0.3, -0.25) is 4.55 Å². The molecule has 0 aliphatic rings. The van der Waals surface area contributed by atoms with E-state index in [0.29, 0.717) is 0 Å². The molecule has 0 unspecified atom stereocenters. The van der Waals surface area contributed by atoms with Gasteiger partial charge in [0.15, 0.2) is 14.7 Å². The molecule has 31 heavy (non-hydrogen) atoms. The van der Waals surface area contributed by atoms with Crippen molar-refractivity contribution in [2.75, 3.05) is 0 Å². The first-order chi connectivity index (χ1) is 14.0. The molecule has 0 amide bonds. The van der Waals surface area contributed by atoms with E-state index in [2.05, 4.69) is 28.4 Å². The van der Waals surface area contributed by atoms with Crippen molar-refractivity contribution in [2.45, 2.75) is 14.7 Å². The Hall–Kier alpha value is -1.88. The van der Waals surface area contributed by atoms with E-state index in [1.165, 1.54) is 12.1 Å². The van der Waals surface area contributed by atoms with Crippen molar-refractivity contribution in [2.24, 2.45) is 0 Å². The number of hydrogen-bond acceptors (Lipinski definition) is 3. The standard InChI is InChI=1S/C18H14O4S2.6FH.Sb/c19-24(20,21)22-15-11-13-18(14-12-15)23(16-7-3-1-4-8-16)17-9-5-2-6-10-17;;;;;;;/h1-14H;6*1H;/q;;;;;;;+5/p-5. The Bertz CT molecular complexity index is 1060. The first kappa shape index (κ1) is 25.4. The average Bonchev–Trinajstić information content (AvgIpc) is 2.61. The van der Waals surface area contributed by atoms with E-state index < -0.39 is 29.9 Å². The van der Waals surface area contributed by atoms with Crippen LogP contribution in [-0.4, -0.2) is 32.4 Å². The molecule has 13 heteroatoms. The fourth-order valence-corrected chi connectivity index (χ4v) is 4.71. The van der Waals surface area contributed by atoms with Crippen molar-refractivity contribution in [3.63, 3.8) is 0 Å². The Morgan fingerprint density at radius 2 is 0.968 bits per heavy atom. The van der Waals surface area contributed by atoms with Crippen molar-refractivity contribution in [3.05, 3.63) is 84.9 Å². The number of benzene rings is 3. The Labute approximate surface area is 179 Å². The molecule has 0 saturated carbocycles. The summed E-state index contributed by atoms with van der Waals surface area (Å²) in [6.45, 7) is 0. The zero-order valence-corrected chi connectivity index (χ0v) is 19.5. The maximum atomic E-state index is 10.8. The number of rotatable bonds is 5. The van der Waals surface area contributed by atoms with Gasteiger partial charge in [0.2, 0.25) is 0 Å². The third-order valence-electron chi connectivity index (χ3n) is 3.22. The quantitative estimate of drug-likeness (QED) is 0.168. The van der Waals surface area contributed by atoms with Crippen LogP contribution in [0.4, 0.5) is 16.9 Å². The monoisotopic (exact) mass is 594 g/mol. The Balaban J connectivity index is 0.000000423. The number of hydrogen-bond donors (Lipinski definition) is 1. The molecule has 3 aromatic carbocycles. The van der Waals surface area contributed by atoms with Gasteiger partial charge in [-0.2, -0.15) is 8.42 Å². The van der Waals surface area contributed by atoms with Gasteiger partial charge in [0.05, 0.1) is 10.9 Å². The van der Waals surface area contributed by atoms with Gasteiger partial charge in [-0.25, -0.2) is 0 Å². The molecule has 1 N–H and O–H groups in total. The van der Waals surface area contributed by atoms with Gasteiger partial charge in [-0.05, 0) is 48.5 Å². The molecule has 0 atom stereocenters. The molecule has 0 aromatic heterocycles. The van der Waals surface area contributed by atoms with Crippen LogP contribution in [0.2, 0.25) is 0 Å². The second-order valence-electron chi connectivity index (χ2n) is 5.87. The molecule has 0 saturated heterocycles. The summed E-state index contributed by atoms with van der Waals surface area (Å²) in [4.78, 5) is 3.34. The first-order valence-electron chi connectivity index (χ1n) is 8.16. The van der Waals surface area contributed by atoms with Gasteiger partial charge >= 0.3 is 46.8 Å². The van der Waals surface area contributed by atoms with Gasteiger partial charge in [-0.15, -0.1) is 0 Å². The first-order valence-corrected chi connectivity index (χ1v) is 16.5. The summed E-state index contributed by atoms with van der Waals surface area (Å²) < 4.78 is 94.4. The van der Waals surface area contributed by atoms with Gasteiger partial charge in [0.25, 0.3) is 0 Å². The van der Waals surface area contributed by atoms with Crippen LogP contribution in [0.25, 0.3) is 0 Å². The fraction of sp³-hybridized carbons (Fsp3) is 0. The molecule has 4 nitrogen and oxygen atoms in total. The molecule has 0 radical (unpaired) electrons. The molecule has 3 aromatic rings.